The number of hydrogen-bond acceptors (Lipinski definition) is 1. The first-order valence-corrected chi connectivity index (χ1v) is 6.52. The van der Waals surface area contributed by atoms with Gasteiger partial charge in [0.25, 0.3) is 0 Å². The summed E-state index contributed by atoms with van der Waals surface area (Å²) in [5, 5.41) is 0. The SMILES string of the molecule is Cc1ccc2nc(-c3ccc(I)cc3)[nH]c2c1. The molecule has 0 aliphatic heterocycles. The molecular formula is C14H11IN2. The second-order valence-electron chi connectivity index (χ2n) is 4.11. The molecule has 0 aliphatic carbocycles. The van der Waals surface area contributed by atoms with E-state index in [1.807, 2.05) is 0 Å². The highest BCUT2D eigenvalue weighted by molar-refractivity contribution is 14.1. The molecule has 3 aromatic rings. The molecule has 0 unspecified atom stereocenters. The maximum absolute atomic E-state index is 4.60. The molecule has 0 bridgehead atoms. The molecule has 0 amide bonds. The number of H-pyrrole nitrogens is 1. The highest BCUT2D eigenvalue weighted by Gasteiger charge is 2.04. The second kappa shape index (κ2) is 4.14. The average molecular weight is 334 g/mol. The van der Waals surface area contributed by atoms with Gasteiger partial charge in [0.05, 0.1) is 11.0 Å². The molecule has 2 aromatic carbocycles. The molecule has 0 aliphatic rings. The first-order chi connectivity index (χ1) is 8.22. The van der Waals surface area contributed by atoms with Crippen LogP contribution in [0.3, 0.4) is 0 Å². The minimum absolute atomic E-state index is 0.932. The molecule has 17 heavy (non-hydrogen) atoms. The molecule has 0 saturated carbocycles. The summed E-state index contributed by atoms with van der Waals surface area (Å²) in [5.41, 5.74) is 4.48. The Morgan fingerprint density at radius 3 is 2.59 bits per heavy atom. The van der Waals surface area contributed by atoms with E-state index in [0.717, 1.165) is 22.4 Å². The highest BCUT2D eigenvalue weighted by atomic mass is 127. The Bertz CT molecular complexity index is 668. The lowest BCUT2D eigenvalue weighted by Gasteiger charge is -1.95. The third-order valence-corrected chi connectivity index (χ3v) is 3.47. The number of benzene rings is 2. The van der Waals surface area contributed by atoms with Gasteiger partial charge in [-0.3, -0.25) is 0 Å². The number of aromatic amines is 1. The predicted octanol–water partition coefficient (Wildman–Crippen LogP) is 4.14. The van der Waals surface area contributed by atoms with Crippen LogP contribution >= 0.6 is 22.6 Å². The van der Waals surface area contributed by atoms with Crippen LogP contribution in [0.15, 0.2) is 42.5 Å². The molecule has 0 spiro atoms. The zero-order chi connectivity index (χ0) is 11.8. The van der Waals surface area contributed by atoms with Crippen molar-refractivity contribution in [2.75, 3.05) is 0 Å². The van der Waals surface area contributed by atoms with Crippen molar-refractivity contribution < 1.29 is 0 Å². The second-order valence-corrected chi connectivity index (χ2v) is 5.36. The number of nitrogens with zero attached hydrogens (tertiary/aromatic N) is 1. The fraction of sp³-hybridized carbons (Fsp3) is 0.0714. The first-order valence-electron chi connectivity index (χ1n) is 5.45. The van der Waals surface area contributed by atoms with Crippen molar-refractivity contribution in [1.29, 1.82) is 0 Å². The quantitative estimate of drug-likeness (QED) is 0.666. The molecule has 0 saturated heterocycles. The van der Waals surface area contributed by atoms with Crippen LogP contribution < -0.4 is 0 Å². The van der Waals surface area contributed by atoms with E-state index in [1.165, 1.54) is 9.13 Å². The number of rotatable bonds is 1. The summed E-state index contributed by atoms with van der Waals surface area (Å²) in [4.78, 5) is 7.95. The van der Waals surface area contributed by atoms with Crippen LogP contribution in [0.1, 0.15) is 5.56 Å². The topological polar surface area (TPSA) is 28.7 Å². The summed E-state index contributed by atoms with van der Waals surface area (Å²) in [5.74, 6) is 0.932. The largest absolute Gasteiger partial charge is 0.338 e. The first kappa shape index (κ1) is 10.8. The molecule has 0 radical (unpaired) electrons. The number of imidazole rings is 1. The molecule has 3 rings (SSSR count). The van der Waals surface area contributed by atoms with Crippen molar-refractivity contribution in [2.24, 2.45) is 0 Å². The molecule has 3 heteroatoms. The van der Waals surface area contributed by atoms with Gasteiger partial charge in [-0.05, 0) is 59.3 Å². The van der Waals surface area contributed by atoms with Crippen molar-refractivity contribution >= 4 is 33.6 Å². The van der Waals surface area contributed by atoms with Crippen LogP contribution in [0.4, 0.5) is 0 Å². The molecule has 2 nitrogen and oxygen atoms in total. The third kappa shape index (κ3) is 2.07. The van der Waals surface area contributed by atoms with Crippen molar-refractivity contribution in [3.63, 3.8) is 0 Å². The maximum atomic E-state index is 4.60. The Labute approximate surface area is 113 Å². The fourth-order valence-corrected chi connectivity index (χ4v) is 2.23. The molecule has 1 heterocycles. The van der Waals surface area contributed by atoms with E-state index in [2.05, 4.69) is 81.9 Å². The average Bonchev–Trinajstić information content (AvgIpc) is 2.72. The van der Waals surface area contributed by atoms with Crippen molar-refractivity contribution in [1.82, 2.24) is 9.97 Å². The number of fused-ring (bicyclic) bond motifs is 1. The Hall–Kier alpha value is -1.36. The van der Waals surface area contributed by atoms with Gasteiger partial charge in [0.2, 0.25) is 0 Å². The van der Waals surface area contributed by atoms with Gasteiger partial charge < -0.3 is 4.98 Å². The normalized spacial score (nSPS) is 10.9. The van der Waals surface area contributed by atoms with Gasteiger partial charge in [-0.25, -0.2) is 4.98 Å². The summed E-state index contributed by atoms with van der Waals surface area (Å²) >= 11 is 2.30. The van der Waals surface area contributed by atoms with Gasteiger partial charge >= 0.3 is 0 Å². The molecule has 0 fully saturated rings. The van der Waals surface area contributed by atoms with Crippen molar-refractivity contribution in [2.45, 2.75) is 6.92 Å². The van der Waals surface area contributed by atoms with E-state index in [-0.39, 0.29) is 0 Å². The lowest BCUT2D eigenvalue weighted by atomic mass is 10.2. The number of halogens is 1. The van der Waals surface area contributed by atoms with Gasteiger partial charge in [0.15, 0.2) is 0 Å². The predicted molar refractivity (Wildman–Crippen MR) is 79.0 cm³/mol. The van der Waals surface area contributed by atoms with E-state index in [9.17, 15) is 0 Å². The van der Waals surface area contributed by atoms with Crippen LogP contribution in [0.5, 0.6) is 0 Å². The van der Waals surface area contributed by atoms with E-state index in [1.54, 1.807) is 0 Å². The molecule has 84 valence electrons. The van der Waals surface area contributed by atoms with Gasteiger partial charge in [-0.15, -0.1) is 0 Å². The molecule has 1 aromatic heterocycles. The van der Waals surface area contributed by atoms with E-state index < -0.39 is 0 Å². The number of hydrogen-bond donors (Lipinski definition) is 1. The van der Waals surface area contributed by atoms with Crippen LogP contribution in [-0.2, 0) is 0 Å². The third-order valence-electron chi connectivity index (χ3n) is 2.76. The zero-order valence-electron chi connectivity index (χ0n) is 9.37. The maximum Gasteiger partial charge on any atom is 0.138 e. The molecule has 0 atom stereocenters. The lowest BCUT2D eigenvalue weighted by Crippen LogP contribution is -1.79. The van der Waals surface area contributed by atoms with Gasteiger partial charge in [-0.2, -0.15) is 0 Å². The van der Waals surface area contributed by atoms with E-state index in [4.69, 9.17) is 0 Å². The number of aromatic nitrogens is 2. The van der Waals surface area contributed by atoms with Crippen molar-refractivity contribution in [3.8, 4) is 11.4 Å². The minimum Gasteiger partial charge on any atom is -0.338 e. The van der Waals surface area contributed by atoms with Crippen LogP contribution in [-0.4, -0.2) is 9.97 Å². The Morgan fingerprint density at radius 2 is 1.82 bits per heavy atom. The van der Waals surface area contributed by atoms with Crippen molar-refractivity contribution in [3.05, 3.63) is 51.6 Å². The Balaban J connectivity index is 2.14. The van der Waals surface area contributed by atoms with Crippen LogP contribution in [0.25, 0.3) is 22.4 Å². The molecular weight excluding hydrogens is 323 g/mol. The molecule has 1 N–H and O–H groups in total. The van der Waals surface area contributed by atoms with Crippen LogP contribution in [0.2, 0.25) is 0 Å². The highest BCUT2D eigenvalue weighted by Crippen LogP contribution is 2.21. The monoisotopic (exact) mass is 334 g/mol. The van der Waals surface area contributed by atoms with E-state index >= 15 is 0 Å². The fourth-order valence-electron chi connectivity index (χ4n) is 1.87. The minimum atomic E-state index is 0.932. The smallest absolute Gasteiger partial charge is 0.138 e. The van der Waals surface area contributed by atoms with Crippen LogP contribution in [0, 0.1) is 10.5 Å². The summed E-state index contributed by atoms with van der Waals surface area (Å²) in [6.07, 6.45) is 0. The summed E-state index contributed by atoms with van der Waals surface area (Å²) < 4.78 is 1.23. The number of aryl methyl sites for hydroxylation is 1. The lowest BCUT2D eigenvalue weighted by molar-refractivity contribution is 1.33. The Kier molecular flexibility index (Phi) is 2.63. The van der Waals surface area contributed by atoms with Gasteiger partial charge in [0, 0.05) is 9.13 Å². The zero-order valence-corrected chi connectivity index (χ0v) is 11.5. The van der Waals surface area contributed by atoms with E-state index in [0.29, 0.717) is 0 Å². The summed E-state index contributed by atoms with van der Waals surface area (Å²) in [6.45, 7) is 2.09. The summed E-state index contributed by atoms with van der Waals surface area (Å²) in [7, 11) is 0. The summed E-state index contributed by atoms with van der Waals surface area (Å²) in [6, 6.07) is 14.6. The van der Waals surface area contributed by atoms with Gasteiger partial charge in [-0.1, -0.05) is 18.2 Å². The van der Waals surface area contributed by atoms with Gasteiger partial charge in [0.1, 0.15) is 5.82 Å². The number of nitrogens with one attached hydrogen (secondary N) is 1. The Morgan fingerprint density at radius 1 is 1.06 bits per heavy atom. The standard InChI is InChI=1S/C14H11IN2/c1-9-2-7-12-13(8-9)17-14(16-12)10-3-5-11(15)6-4-10/h2-8H,1H3,(H,16,17).